The summed E-state index contributed by atoms with van der Waals surface area (Å²) in [5.41, 5.74) is 1.96. The molecule has 0 aromatic carbocycles. The van der Waals surface area contributed by atoms with Gasteiger partial charge in [0.15, 0.2) is 0 Å². The Morgan fingerprint density at radius 3 is 2.53 bits per heavy atom. The zero-order chi connectivity index (χ0) is 20.7. The second-order valence-corrected chi connectivity index (χ2v) is 10.3. The molecule has 3 heterocycles. The van der Waals surface area contributed by atoms with Gasteiger partial charge in [-0.1, -0.05) is 26.2 Å². The second-order valence-electron chi connectivity index (χ2n) is 10.3. The van der Waals surface area contributed by atoms with Gasteiger partial charge in [0.1, 0.15) is 5.82 Å². The van der Waals surface area contributed by atoms with Crippen molar-refractivity contribution in [3.05, 3.63) is 27.4 Å². The average molecular weight is 413 g/mol. The lowest BCUT2D eigenvalue weighted by Crippen LogP contribution is -2.41. The lowest BCUT2D eigenvalue weighted by atomic mass is 9.88. The third kappa shape index (κ3) is 4.20. The summed E-state index contributed by atoms with van der Waals surface area (Å²) in [5.74, 6) is 3.09. The largest absolute Gasteiger partial charge is 0.342 e. The molecule has 2 saturated carbocycles. The zero-order valence-corrected chi connectivity index (χ0v) is 18.4. The predicted molar refractivity (Wildman–Crippen MR) is 116 cm³/mol. The number of hydrogen-bond acceptors (Lipinski definition) is 4. The molecule has 1 aromatic heterocycles. The highest BCUT2D eigenvalue weighted by molar-refractivity contribution is 5.81. The van der Waals surface area contributed by atoms with Crippen molar-refractivity contribution in [2.24, 2.45) is 17.8 Å². The molecule has 2 aliphatic heterocycles. The number of H-pyrrole nitrogens is 1. The molecule has 5 rings (SSSR count). The van der Waals surface area contributed by atoms with Crippen molar-refractivity contribution in [3.63, 3.8) is 0 Å². The van der Waals surface area contributed by atoms with Gasteiger partial charge in [-0.3, -0.25) is 14.5 Å². The molecule has 1 aromatic rings. The summed E-state index contributed by atoms with van der Waals surface area (Å²) in [6, 6.07) is 0. The summed E-state index contributed by atoms with van der Waals surface area (Å²) >= 11 is 0. The third-order valence-corrected chi connectivity index (χ3v) is 8.03. The molecule has 3 fully saturated rings. The fraction of sp³-hybridized carbons (Fsp3) is 0.792. The maximum Gasteiger partial charge on any atom is 0.255 e. The van der Waals surface area contributed by atoms with E-state index in [1.165, 1.54) is 32.1 Å². The molecule has 0 spiro atoms. The van der Waals surface area contributed by atoms with E-state index in [0.717, 1.165) is 81.4 Å². The van der Waals surface area contributed by atoms with E-state index in [0.29, 0.717) is 11.8 Å². The number of nitrogens with one attached hydrogen (secondary N) is 1. The van der Waals surface area contributed by atoms with Crippen molar-refractivity contribution >= 4 is 5.91 Å². The van der Waals surface area contributed by atoms with Crippen molar-refractivity contribution in [2.75, 3.05) is 26.2 Å². The molecular weight excluding hydrogens is 376 g/mol. The summed E-state index contributed by atoms with van der Waals surface area (Å²) in [4.78, 5) is 37.9. The van der Waals surface area contributed by atoms with Crippen LogP contribution in [0.1, 0.15) is 81.3 Å². The molecule has 2 aliphatic carbocycles. The number of carbonyl (C=O) groups is 1. The Bertz CT molecular complexity index is 836. The van der Waals surface area contributed by atoms with Gasteiger partial charge in [-0.15, -0.1) is 0 Å². The monoisotopic (exact) mass is 412 g/mol. The summed E-state index contributed by atoms with van der Waals surface area (Å²) < 4.78 is 0. The van der Waals surface area contributed by atoms with Crippen molar-refractivity contribution in [1.82, 2.24) is 19.8 Å². The number of nitrogens with zero attached hydrogens (tertiary/aromatic N) is 3. The number of aromatic amines is 1. The van der Waals surface area contributed by atoms with Crippen LogP contribution in [0, 0.1) is 17.8 Å². The minimum atomic E-state index is 0.0636. The van der Waals surface area contributed by atoms with Gasteiger partial charge in [0, 0.05) is 51.0 Å². The number of fused-ring (bicyclic) bond motifs is 1. The average Bonchev–Trinajstić information content (AvgIpc) is 3.51. The highest BCUT2D eigenvalue weighted by Crippen LogP contribution is 2.40. The van der Waals surface area contributed by atoms with Gasteiger partial charge in [0.25, 0.3) is 5.56 Å². The van der Waals surface area contributed by atoms with Crippen molar-refractivity contribution in [3.8, 4) is 0 Å². The molecule has 0 unspecified atom stereocenters. The van der Waals surface area contributed by atoms with Crippen molar-refractivity contribution < 1.29 is 4.79 Å². The molecular formula is C24H36N4O2. The highest BCUT2D eigenvalue weighted by atomic mass is 16.2. The van der Waals surface area contributed by atoms with Gasteiger partial charge < -0.3 is 9.88 Å². The topological polar surface area (TPSA) is 69.3 Å². The molecule has 0 radical (unpaired) electrons. The maximum atomic E-state index is 12.9. The lowest BCUT2D eigenvalue weighted by molar-refractivity contribution is -0.133. The standard InChI is InChI=1S/C24H36N4O2/c1-16-13-19(16)24(30)28-11-7-18(8-12-28)22-25-21-9-10-27(15-20(21)23(29)26-22)14-17-5-3-2-4-6-17/h16-19H,2-15H2,1H3,(H,25,26,29)/t16-,19+/m1/s1. The highest BCUT2D eigenvalue weighted by Gasteiger charge is 2.42. The second kappa shape index (κ2) is 8.45. The number of amides is 1. The fourth-order valence-corrected chi connectivity index (χ4v) is 5.86. The van der Waals surface area contributed by atoms with Gasteiger partial charge >= 0.3 is 0 Å². The normalized spacial score (nSPS) is 28.4. The van der Waals surface area contributed by atoms with E-state index < -0.39 is 0 Å². The Balaban J connectivity index is 1.21. The van der Waals surface area contributed by atoms with E-state index in [4.69, 9.17) is 4.98 Å². The molecule has 4 aliphatic rings. The van der Waals surface area contributed by atoms with E-state index >= 15 is 0 Å². The first-order valence-corrected chi connectivity index (χ1v) is 12.2. The minimum absolute atomic E-state index is 0.0636. The molecule has 0 bridgehead atoms. The van der Waals surface area contributed by atoms with Crippen LogP contribution in [0.25, 0.3) is 0 Å². The zero-order valence-electron chi connectivity index (χ0n) is 18.4. The van der Waals surface area contributed by atoms with E-state index in [1.54, 1.807) is 0 Å². The molecule has 30 heavy (non-hydrogen) atoms. The number of piperidine rings is 1. The number of carbonyl (C=O) groups excluding carboxylic acids is 1. The Morgan fingerprint density at radius 1 is 1.10 bits per heavy atom. The number of aromatic nitrogens is 2. The van der Waals surface area contributed by atoms with Crippen molar-refractivity contribution in [1.29, 1.82) is 0 Å². The summed E-state index contributed by atoms with van der Waals surface area (Å²) in [6.45, 7) is 6.65. The molecule has 164 valence electrons. The van der Waals surface area contributed by atoms with E-state index in [2.05, 4.69) is 16.8 Å². The number of rotatable bonds is 4. The predicted octanol–water partition coefficient (Wildman–Crippen LogP) is 3.07. The lowest BCUT2D eigenvalue weighted by Gasteiger charge is -2.34. The smallest absolute Gasteiger partial charge is 0.255 e. The molecule has 6 nitrogen and oxygen atoms in total. The molecule has 1 amide bonds. The molecule has 1 N–H and O–H groups in total. The SMILES string of the molecule is C[C@@H]1C[C@@H]1C(=O)N1CCC(c2nc3c(c(=O)[nH]2)CN(CC2CCCCC2)CC3)CC1. The number of hydrogen-bond donors (Lipinski definition) is 1. The van der Waals surface area contributed by atoms with Crippen LogP contribution in [-0.2, 0) is 17.8 Å². The van der Waals surface area contributed by atoms with Crippen LogP contribution >= 0.6 is 0 Å². The molecule has 2 atom stereocenters. The van der Waals surface area contributed by atoms with Crippen LogP contribution in [-0.4, -0.2) is 51.9 Å². The first-order chi connectivity index (χ1) is 14.6. The van der Waals surface area contributed by atoms with E-state index in [9.17, 15) is 9.59 Å². The maximum absolute atomic E-state index is 12.9. The Kier molecular flexibility index (Phi) is 5.69. The van der Waals surface area contributed by atoms with Crippen molar-refractivity contribution in [2.45, 2.75) is 77.2 Å². The summed E-state index contributed by atoms with van der Waals surface area (Å²) in [6.07, 6.45) is 10.6. The molecule has 6 heteroatoms. The van der Waals surface area contributed by atoms with E-state index in [1.807, 2.05) is 4.90 Å². The molecule has 1 saturated heterocycles. The van der Waals surface area contributed by atoms with Gasteiger partial charge in [-0.2, -0.15) is 0 Å². The van der Waals surface area contributed by atoms with Crippen LogP contribution < -0.4 is 5.56 Å². The quantitative estimate of drug-likeness (QED) is 0.825. The summed E-state index contributed by atoms with van der Waals surface area (Å²) in [7, 11) is 0. The van der Waals surface area contributed by atoms with Gasteiger partial charge in [0.2, 0.25) is 5.91 Å². The van der Waals surface area contributed by atoms with Crippen LogP contribution in [0.5, 0.6) is 0 Å². The number of likely N-dealkylation sites (tertiary alicyclic amines) is 1. The minimum Gasteiger partial charge on any atom is -0.342 e. The van der Waals surface area contributed by atoms with Crippen LogP contribution in [0.15, 0.2) is 4.79 Å². The Hall–Kier alpha value is -1.69. The first kappa shape index (κ1) is 20.2. The fourth-order valence-electron chi connectivity index (χ4n) is 5.86. The van der Waals surface area contributed by atoms with Crippen LogP contribution in [0.2, 0.25) is 0 Å². The van der Waals surface area contributed by atoms with Crippen LogP contribution in [0.4, 0.5) is 0 Å². The van der Waals surface area contributed by atoms with Gasteiger partial charge in [-0.05, 0) is 43.9 Å². The Labute approximate surface area is 179 Å². The van der Waals surface area contributed by atoms with E-state index in [-0.39, 0.29) is 17.4 Å². The van der Waals surface area contributed by atoms with Crippen LogP contribution in [0.3, 0.4) is 0 Å². The third-order valence-electron chi connectivity index (χ3n) is 8.03. The van der Waals surface area contributed by atoms with Gasteiger partial charge in [0.05, 0.1) is 11.3 Å². The Morgan fingerprint density at radius 2 is 1.83 bits per heavy atom. The first-order valence-electron chi connectivity index (χ1n) is 12.2. The van der Waals surface area contributed by atoms with Gasteiger partial charge in [-0.25, -0.2) is 4.98 Å². The summed E-state index contributed by atoms with van der Waals surface area (Å²) in [5, 5.41) is 0.